The van der Waals surface area contributed by atoms with Crippen LogP contribution >= 0.6 is 0 Å². The lowest BCUT2D eigenvalue weighted by molar-refractivity contribution is 0.311. The molecule has 0 radical (unpaired) electrons. The molecule has 0 bridgehead atoms. The molecule has 9 heteroatoms. The SMILES string of the molecule is CCc1cccc(Nc2nc(Nc3ccc(N4CCN(C)CC4)c(F)c3)nc3[nH]cc(F)c23)c1. The lowest BCUT2D eigenvalue weighted by atomic mass is 10.1. The zero-order chi connectivity index (χ0) is 23.7. The zero-order valence-corrected chi connectivity index (χ0v) is 19.2. The zero-order valence-electron chi connectivity index (χ0n) is 19.2. The molecule has 2 aromatic carbocycles. The summed E-state index contributed by atoms with van der Waals surface area (Å²) in [5, 5.41) is 6.53. The van der Waals surface area contributed by atoms with E-state index in [1.54, 1.807) is 12.1 Å². The van der Waals surface area contributed by atoms with Crippen LogP contribution in [-0.2, 0) is 6.42 Å². The van der Waals surface area contributed by atoms with Gasteiger partial charge in [-0.25, -0.2) is 8.78 Å². The minimum absolute atomic E-state index is 0.232. The minimum atomic E-state index is -0.446. The Bertz CT molecular complexity index is 1310. The molecular formula is C25H27F2N7. The maximum absolute atomic E-state index is 14.9. The number of aromatic nitrogens is 3. The van der Waals surface area contributed by atoms with Crippen LogP contribution < -0.4 is 15.5 Å². The molecule has 0 saturated carbocycles. The summed E-state index contributed by atoms with van der Waals surface area (Å²) in [6.45, 7) is 5.44. The van der Waals surface area contributed by atoms with Crippen molar-refractivity contribution >= 4 is 39.9 Å². The number of hydrogen-bond acceptors (Lipinski definition) is 6. The maximum Gasteiger partial charge on any atom is 0.231 e. The van der Waals surface area contributed by atoms with Gasteiger partial charge in [0.25, 0.3) is 0 Å². The summed E-state index contributed by atoms with van der Waals surface area (Å²) in [6.07, 6.45) is 2.14. The molecule has 1 aliphatic rings. The van der Waals surface area contributed by atoms with Gasteiger partial charge in [-0.3, -0.25) is 0 Å². The van der Waals surface area contributed by atoms with Crippen molar-refractivity contribution in [2.75, 3.05) is 48.8 Å². The van der Waals surface area contributed by atoms with Gasteiger partial charge in [-0.15, -0.1) is 0 Å². The number of hydrogen-bond donors (Lipinski definition) is 3. The number of benzene rings is 2. The van der Waals surface area contributed by atoms with E-state index in [4.69, 9.17) is 0 Å². The first-order chi connectivity index (χ1) is 16.5. The molecule has 0 spiro atoms. The standard InChI is InChI=1S/C25H27F2N7/c1-3-16-5-4-6-17(13-16)29-24-22-20(27)15-28-23(22)31-25(32-24)30-18-7-8-21(19(26)14-18)34-11-9-33(2)10-12-34/h4-8,13-15H,3,9-12H2,1-2H3,(H3,28,29,30,31,32). The molecule has 5 rings (SSSR count). The summed E-state index contributed by atoms with van der Waals surface area (Å²) in [5.41, 5.74) is 3.39. The normalized spacial score (nSPS) is 14.5. The first-order valence-corrected chi connectivity index (χ1v) is 11.4. The fraction of sp³-hybridized carbons (Fsp3) is 0.280. The number of aromatic amines is 1. The molecule has 0 atom stereocenters. The van der Waals surface area contributed by atoms with E-state index in [1.807, 2.05) is 24.3 Å². The monoisotopic (exact) mass is 463 g/mol. The number of likely N-dealkylation sites (N-methyl/N-ethyl adjacent to an activating group) is 1. The number of aryl methyl sites for hydroxylation is 1. The summed E-state index contributed by atoms with van der Waals surface area (Å²) in [5.74, 6) is -0.196. The van der Waals surface area contributed by atoms with Gasteiger partial charge in [0, 0.05) is 43.8 Å². The Hall–Kier alpha value is -3.72. The van der Waals surface area contributed by atoms with E-state index >= 15 is 0 Å². The second kappa shape index (κ2) is 9.26. The van der Waals surface area contributed by atoms with Crippen molar-refractivity contribution in [2.45, 2.75) is 13.3 Å². The largest absolute Gasteiger partial charge is 0.367 e. The molecule has 1 fully saturated rings. The van der Waals surface area contributed by atoms with E-state index in [0.29, 0.717) is 22.8 Å². The molecule has 4 aromatic rings. The van der Waals surface area contributed by atoms with Crippen molar-refractivity contribution in [3.8, 4) is 0 Å². The van der Waals surface area contributed by atoms with Gasteiger partial charge in [-0.05, 0) is 49.4 Å². The van der Waals surface area contributed by atoms with E-state index < -0.39 is 5.82 Å². The molecule has 3 heterocycles. The Morgan fingerprint density at radius 1 is 0.941 bits per heavy atom. The first kappa shape index (κ1) is 22.1. The van der Waals surface area contributed by atoms with E-state index in [-0.39, 0.29) is 17.2 Å². The Morgan fingerprint density at radius 2 is 1.74 bits per heavy atom. The topological polar surface area (TPSA) is 72.1 Å². The van der Waals surface area contributed by atoms with Gasteiger partial charge in [-0.1, -0.05) is 19.1 Å². The highest BCUT2D eigenvalue weighted by molar-refractivity contribution is 5.91. The Balaban J connectivity index is 1.42. The molecule has 1 aliphatic heterocycles. The molecule has 3 N–H and O–H groups in total. The quantitative estimate of drug-likeness (QED) is 0.372. The van der Waals surface area contributed by atoms with Crippen LogP contribution in [0.4, 0.5) is 37.6 Å². The van der Waals surface area contributed by atoms with E-state index in [9.17, 15) is 8.78 Å². The van der Waals surface area contributed by atoms with Crippen LogP contribution in [0, 0.1) is 11.6 Å². The molecule has 7 nitrogen and oxygen atoms in total. The summed E-state index contributed by atoms with van der Waals surface area (Å²) < 4.78 is 29.4. The molecular weight excluding hydrogens is 436 g/mol. The van der Waals surface area contributed by atoms with Crippen LogP contribution in [0.2, 0.25) is 0 Å². The summed E-state index contributed by atoms with van der Waals surface area (Å²) >= 11 is 0. The van der Waals surface area contributed by atoms with Gasteiger partial charge in [0.15, 0.2) is 5.82 Å². The van der Waals surface area contributed by atoms with Crippen LogP contribution in [0.15, 0.2) is 48.7 Å². The van der Waals surface area contributed by atoms with Crippen molar-refractivity contribution in [3.63, 3.8) is 0 Å². The highest BCUT2D eigenvalue weighted by Gasteiger charge is 2.18. The molecule has 1 saturated heterocycles. The third-order valence-corrected chi connectivity index (χ3v) is 6.13. The van der Waals surface area contributed by atoms with Crippen molar-refractivity contribution in [3.05, 3.63) is 65.9 Å². The highest BCUT2D eigenvalue weighted by Crippen LogP contribution is 2.30. The van der Waals surface area contributed by atoms with E-state index in [2.05, 4.69) is 49.4 Å². The number of rotatable bonds is 6. The number of fused-ring (bicyclic) bond motifs is 1. The van der Waals surface area contributed by atoms with Crippen LogP contribution in [0.5, 0.6) is 0 Å². The fourth-order valence-electron chi connectivity index (χ4n) is 4.16. The smallest absolute Gasteiger partial charge is 0.231 e. The fourth-order valence-corrected chi connectivity index (χ4v) is 4.16. The highest BCUT2D eigenvalue weighted by atomic mass is 19.1. The first-order valence-electron chi connectivity index (χ1n) is 11.4. The lowest BCUT2D eigenvalue weighted by Gasteiger charge is -2.34. The van der Waals surface area contributed by atoms with E-state index in [0.717, 1.165) is 43.9 Å². The summed E-state index contributed by atoms with van der Waals surface area (Å²) in [7, 11) is 2.07. The molecule has 0 unspecified atom stereocenters. The Morgan fingerprint density at radius 3 is 2.50 bits per heavy atom. The molecule has 2 aromatic heterocycles. The van der Waals surface area contributed by atoms with Crippen LogP contribution in [0.3, 0.4) is 0 Å². The van der Waals surface area contributed by atoms with Crippen molar-refractivity contribution < 1.29 is 8.78 Å². The third-order valence-electron chi connectivity index (χ3n) is 6.13. The van der Waals surface area contributed by atoms with Gasteiger partial charge < -0.3 is 25.4 Å². The molecule has 34 heavy (non-hydrogen) atoms. The minimum Gasteiger partial charge on any atom is -0.367 e. The number of nitrogens with one attached hydrogen (secondary N) is 3. The predicted molar refractivity (Wildman–Crippen MR) is 132 cm³/mol. The molecule has 0 amide bonds. The van der Waals surface area contributed by atoms with Gasteiger partial charge in [0.1, 0.15) is 17.3 Å². The molecule has 176 valence electrons. The number of nitrogens with zero attached hydrogens (tertiary/aromatic N) is 4. The van der Waals surface area contributed by atoms with Gasteiger partial charge in [-0.2, -0.15) is 9.97 Å². The van der Waals surface area contributed by atoms with Gasteiger partial charge in [0.05, 0.1) is 11.1 Å². The van der Waals surface area contributed by atoms with E-state index in [1.165, 1.54) is 12.3 Å². The second-order valence-corrected chi connectivity index (χ2v) is 8.52. The number of halogens is 2. The van der Waals surface area contributed by atoms with Crippen molar-refractivity contribution in [1.82, 2.24) is 19.9 Å². The lowest BCUT2D eigenvalue weighted by Crippen LogP contribution is -2.44. The van der Waals surface area contributed by atoms with Crippen molar-refractivity contribution in [2.24, 2.45) is 0 Å². The van der Waals surface area contributed by atoms with Crippen LogP contribution in [-0.4, -0.2) is 53.1 Å². The molecule has 0 aliphatic carbocycles. The third kappa shape index (κ3) is 4.51. The predicted octanol–water partition coefficient (Wildman–Crippen LogP) is 5.04. The van der Waals surface area contributed by atoms with Crippen molar-refractivity contribution in [1.29, 1.82) is 0 Å². The number of piperazine rings is 1. The van der Waals surface area contributed by atoms with Crippen LogP contribution in [0.25, 0.3) is 11.0 Å². The maximum atomic E-state index is 14.9. The van der Waals surface area contributed by atoms with Gasteiger partial charge in [0.2, 0.25) is 5.95 Å². The average Bonchev–Trinajstić information content (AvgIpc) is 3.21. The average molecular weight is 464 g/mol. The number of anilines is 5. The second-order valence-electron chi connectivity index (χ2n) is 8.52. The number of H-pyrrole nitrogens is 1. The summed E-state index contributed by atoms with van der Waals surface area (Å²) in [6, 6.07) is 12.9. The van der Waals surface area contributed by atoms with Gasteiger partial charge >= 0.3 is 0 Å². The Labute approximate surface area is 196 Å². The van der Waals surface area contributed by atoms with Crippen LogP contribution in [0.1, 0.15) is 12.5 Å². The summed E-state index contributed by atoms with van der Waals surface area (Å²) in [4.78, 5) is 16.0. The Kier molecular flexibility index (Phi) is 6.02.